The van der Waals surface area contributed by atoms with E-state index in [0.29, 0.717) is 6.10 Å². The van der Waals surface area contributed by atoms with Crippen molar-refractivity contribution >= 4 is 44.3 Å². The summed E-state index contributed by atoms with van der Waals surface area (Å²) in [7, 11) is 1.69. The SMILES string of the molecule is COc1c(Br)cc(Br)cc1CNCC1CCCO1.Cl. The second kappa shape index (κ2) is 8.47. The lowest BCUT2D eigenvalue weighted by Crippen LogP contribution is -2.26. The van der Waals surface area contributed by atoms with Crippen LogP contribution in [0, 0.1) is 0 Å². The molecule has 1 aromatic rings. The molecule has 0 aromatic heterocycles. The van der Waals surface area contributed by atoms with Gasteiger partial charge in [-0.1, -0.05) is 15.9 Å². The zero-order chi connectivity index (χ0) is 13.0. The summed E-state index contributed by atoms with van der Waals surface area (Å²) in [6, 6.07) is 4.06. The highest BCUT2D eigenvalue weighted by Gasteiger charge is 2.15. The Labute approximate surface area is 137 Å². The summed E-state index contributed by atoms with van der Waals surface area (Å²) in [6.07, 6.45) is 2.70. The summed E-state index contributed by atoms with van der Waals surface area (Å²) in [5.41, 5.74) is 1.14. The second-order valence-corrected chi connectivity index (χ2v) is 6.12. The van der Waals surface area contributed by atoms with Gasteiger partial charge in [-0.05, 0) is 40.9 Å². The Morgan fingerprint density at radius 1 is 1.42 bits per heavy atom. The van der Waals surface area contributed by atoms with Gasteiger partial charge in [0.05, 0.1) is 17.7 Å². The van der Waals surface area contributed by atoms with Crippen LogP contribution in [0.1, 0.15) is 18.4 Å². The van der Waals surface area contributed by atoms with Crippen LogP contribution >= 0.6 is 44.3 Å². The van der Waals surface area contributed by atoms with Gasteiger partial charge in [-0.2, -0.15) is 0 Å². The number of halogens is 3. The zero-order valence-electron chi connectivity index (χ0n) is 10.7. The third-order valence-corrected chi connectivity index (χ3v) is 4.05. The Morgan fingerprint density at radius 3 is 2.84 bits per heavy atom. The molecule has 0 bridgehead atoms. The van der Waals surface area contributed by atoms with Crippen LogP contribution in [0.3, 0.4) is 0 Å². The third-order valence-electron chi connectivity index (χ3n) is 3.00. The lowest BCUT2D eigenvalue weighted by molar-refractivity contribution is 0.110. The number of hydrogen-bond donors (Lipinski definition) is 1. The number of methoxy groups -OCH3 is 1. The third kappa shape index (κ3) is 4.90. The molecule has 0 spiro atoms. The van der Waals surface area contributed by atoms with E-state index in [1.165, 1.54) is 6.42 Å². The first-order valence-corrected chi connectivity index (χ1v) is 7.63. The second-order valence-electron chi connectivity index (χ2n) is 4.35. The van der Waals surface area contributed by atoms with Crippen LogP contribution < -0.4 is 10.1 Å². The maximum absolute atomic E-state index is 5.58. The van der Waals surface area contributed by atoms with E-state index in [1.807, 2.05) is 6.07 Å². The molecule has 1 aliphatic rings. The van der Waals surface area contributed by atoms with Crippen molar-refractivity contribution in [3.05, 3.63) is 26.6 Å². The minimum atomic E-state index is 0. The number of hydrogen-bond acceptors (Lipinski definition) is 3. The van der Waals surface area contributed by atoms with Crippen molar-refractivity contribution < 1.29 is 9.47 Å². The molecule has 6 heteroatoms. The van der Waals surface area contributed by atoms with Crippen molar-refractivity contribution in [1.29, 1.82) is 0 Å². The van der Waals surface area contributed by atoms with Gasteiger partial charge in [0.25, 0.3) is 0 Å². The average molecular weight is 416 g/mol. The molecule has 1 unspecified atom stereocenters. The Balaban J connectivity index is 0.00000180. The van der Waals surface area contributed by atoms with Crippen LogP contribution in [0.5, 0.6) is 5.75 Å². The van der Waals surface area contributed by atoms with E-state index in [9.17, 15) is 0 Å². The van der Waals surface area contributed by atoms with Gasteiger partial charge in [-0.15, -0.1) is 12.4 Å². The molecule has 1 heterocycles. The molecular formula is C13H18Br2ClNO2. The fourth-order valence-electron chi connectivity index (χ4n) is 2.15. The first-order valence-electron chi connectivity index (χ1n) is 6.05. The summed E-state index contributed by atoms with van der Waals surface area (Å²) in [5.74, 6) is 0.887. The maximum atomic E-state index is 5.58. The lowest BCUT2D eigenvalue weighted by Gasteiger charge is -2.14. The fourth-order valence-corrected chi connectivity index (χ4v) is 3.62. The van der Waals surface area contributed by atoms with Gasteiger partial charge < -0.3 is 14.8 Å². The van der Waals surface area contributed by atoms with Crippen LogP contribution in [0.2, 0.25) is 0 Å². The molecule has 0 radical (unpaired) electrons. The molecule has 1 aromatic carbocycles. The number of benzene rings is 1. The van der Waals surface area contributed by atoms with E-state index in [4.69, 9.17) is 9.47 Å². The molecule has 1 N–H and O–H groups in total. The molecule has 2 rings (SSSR count). The molecule has 3 nitrogen and oxygen atoms in total. The van der Waals surface area contributed by atoms with Gasteiger partial charge in [0.15, 0.2) is 0 Å². The summed E-state index contributed by atoms with van der Waals surface area (Å²) >= 11 is 7.01. The Kier molecular flexibility index (Phi) is 7.69. The van der Waals surface area contributed by atoms with Gasteiger partial charge in [-0.25, -0.2) is 0 Å². The largest absolute Gasteiger partial charge is 0.495 e. The molecule has 1 saturated heterocycles. The molecule has 0 saturated carbocycles. The van der Waals surface area contributed by atoms with Crippen molar-refractivity contribution in [1.82, 2.24) is 5.32 Å². The van der Waals surface area contributed by atoms with Gasteiger partial charge in [0, 0.05) is 29.7 Å². The monoisotopic (exact) mass is 413 g/mol. The lowest BCUT2D eigenvalue weighted by atomic mass is 10.2. The summed E-state index contributed by atoms with van der Waals surface area (Å²) in [4.78, 5) is 0. The quantitative estimate of drug-likeness (QED) is 0.791. The normalized spacial score (nSPS) is 18.2. The molecule has 19 heavy (non-hydrogen) atoms. The Hall–Kier alpha value is 0.190. The number of rotatable bonds is 5. The number of ether oxygens (including phenoxy) is 2. The molecule has 1 fully saturated rings. The van der Waals surface area contributed by atoms with Crippen LogP contribution in [0.25, 0.3) is 0 Å². The zero-order valence-corrected chi connectivity index (χ0v) is 14.7. The van der Waals surface area contributed by atoms with E-state index in [0.717, 1.165) is 46.4 Å². The maximum Gasteiger partial charge on any atom is 0.137 e. The topological polar surface area (TPSA) is 30.5 Å². The molecule has 0 aliphatic carbocycles. The minimum Gasteiger partial charge on any atom is -0.495 e. The average Bonchev–Trinajstić information content (AvgIpc) is 2.81. The van der Waals surface area contributed by atoms with Gasteiger partial charge in [-0.3, -0.25) is 0 Å². The highest BCUT2D eigenvalue weighted by Crippen LogP contribution is 2.32. The van der Waals surface area contributed by atoms with E-state index >= 15 is 0 Å². The molecule has 0 amide bonds. The first kappa shape index (κ1) is 17.2. The molecular weight excluding hydrogens is 397 g/mol. The predicted molar refractivity (Wildman–Crippen MR) is 86.3 cm³/mol. The van der Waals surface area contributed by atoms with Crippen molar-refractivity contribution in [2.45, 2.75) is 25.5 Å². The summed E-state index contributed by atoms with van der Waals surface area (Å²) < 4.78 is 13.0. The van der Waals surface area contributed by atoms with Crippen LogP contribution in [-0.2, 0) is 11.3 Å². The number of nitrogens with one attached hydrogen (secondary N) is 1. The standard InChI is InChI=1S/C13H17Br2NO2.ClH/c1-17-13-9(5-10(14)6-12(13)15)7-16-8-11-3-2-4-18-11;/h5-6,11,16H,2-4,7-8H2,1H3;1H. The van der Waals surface area contributed by atoms with E-state index in [-0.39, 0.29) is 12.4 Å². The van der Waals surface area contributed by atoms with E-state index in [1.54, 1.807) is 7.11 Å². The summed E-state index contributed by atoms with van der Waals surface area (Å²) in [6.45, 7) is 2.58. The van der Waals surface area contributed by atoms with Crippen LogP contribution in [-0.4, -0.2) is 26.4 Å². The molecule has 108 valence electrons. The van der Waals surface area contributed by atoms with Gasteiger partial charge in [0.1, 0.15) is 5.75 Å². The minimum absolute atomic E-state index is 0. The highest BCUT2D eigenvalue weighted by atomic mass is 79.9. The highest BCUT2D eigenvalue weighted by molar-refractivity contribution is 9.11. The van der Waals surface area contributed by atoms with Gasteiger partial charge in [0.2, 0.25) is 0 Å². The van der Waals surface area contributed by atoms with Crippen LogP contribution in [0.4, 0.5) is 0 Å². The predicted octanol–water partition coefficient (Wildman–Crippen LogP) is 3.91. The van der Waals surface area contributed by atoms with Crippen LogP contribution in [0.15, 0.2) is 21.1 Å². The first-order chi connectivity index (χ1) is 8.70. The fraction of sp³-hybridized carbons (Fsp3) is 0.538. The van der Waals surface area contributed by atoms with Gasteiger partial charge >= 0.3 is 0 Å². The Morgan fingerprint density at radius 2 is 2.21 bits per heavy atom. The Bertz CT molecular complexity index is 412. The van der Waals surface area contributed by atoms with E-state index in [2.05, 4.69) is 43.2 Å². The van der Waals surface area contributed by atoms with Crippen molar-refractivity contribution in [3.8, 4) is 5.75 Å². The van der Waals surface area contributed by atoms with E-state index < -0.39 is 0 Å². The van der Waals surface area contributed by atoms with Crippen molar-refractivity contribution in [3.63, 3.8) is 0 Å². The molecule has 1 atom stereocenters. The van der Waals surface area contributed by atoms with Crippen molar-refractivity contribution in [2.24, 2.45) is 0 Å². The smallest absolute Gasteiger partial charge is 0.137 e. The molecule has 1 aliphatic heterocycles. The van der Waals surface area contributed by atoms with Crippen molar-refractivity contribution in [2.75, 3.05) is 20.3 Å². The summed E-state index contributed by atoms with van der Waals surface area (Å²) in [5, 5.41) is 3.43.